The lowest BCUT2D eigenvalue weighted by Gasteiger charge is -2.19. The van der Waals surface area contributed by atoms with Crippen LogP contribution >= 0.6 is 11.3 Å². The van der Waals surface area contributed by atoms with Crippen molar-refractivity contribution in [3.05, 3.63) is 28.9 Å². The van der Waals surface area contributed by atoms with Gasteiger partial charge in [0.2, 0.25) is 17.7 Å². The largest absolute Gasteiger partial charge is 0.473 e. The zero-order chi connectivity index (χ0) is 18.0. The van der Waals surface area contributed by atoms with Gasteiger partial charge in [-0.2, -0.15) is 14.4 Å². The van der Waals surface area contributed by atoms with Crippen molar-refractivity contribution in [2.45, 2.75) is 45.9 Å². The van der Waals surface area contributed by atoms with Gasteiger partial charge in [0.15, 0.2) is 5.13 Å². The van der Waals surface area contributed by atoms with Crippen LogP contribution in [0.5, 0.6) is 5.88 Å². The Labute approximate surface area is 149 Å². The Morgan fingerprint density at radius 1 is 1.52 bits per heavy atom. The van der Waals surface area contributed by atoms with Crippen LogP contribution in [0.15, 0.2) is 12.3 Å². The molecule has 1 amide bonds. The molecule has 2 aromatic rings. The van der Waals surface area contributed by atoms with E-state index < -0.39 is 5.95 Å². The number of nitrogens with one attached hydrogen (secondary N) is 1. The van der Waals surface area contributed by atoms with Crippen LogP contribution in [-0.4, -0.2) is 44.4 Å². The molecule has 134 valence electrons. The number of hydrogen-bond donors (Lipinski definition) is 1. The lowest BCUT2D eigenvalue weighted by Crippen LogP contribution is -2.28. The van der Waals surface area contributed by atoms with Gasteiger partial charge in [-0.3, -0.25) is 9.69 Å². The van der Waals surface area contributed by atoms with E-state index in [-0.39, 0.29) is 23.2 Å². The van der Waals surface area contributed by atoms with E-state index >= 15 is 0 Å². The van der Waals surface area contributed by atoms with Crippen LogP contribution in [0.25, 0.3) is 0 Å². The molecule has 0 saturated carbocycles. The number of likely N-dealkylation sites (tertiary alicyclic amines) is 1. The smallest absolute Gasteiger partial charge is 0.230 e. The van der Waals surface area contributed by atoms with E-state index in [0.717, 1.165) is 17.8 Å². The fourth-order valence-corrected chi connectivity index (χ4v) is 3.76. The van der Waals surface area contributed by atoms with Crippen LogP contribution in [0, 0.1) is 12.9 Å². The highest BCUT2D eigenvalue weighted by Crippen LogP contribution is 2.28. The van der Waals surface area contributed by atoms with E-state index in [1.165, 1.54) is 6.92 Å². The summed E-state index contributed by atoms with van der Waals surface area (Å²) >= 11 is 1.16. The lowest BCUT2D eigenvalue weighted by atomic mass is 10.2. The van der Waals surface area contributed by atoms with Gasteiger partial charge in [-0.15, -0.1) is 0 Å². The highest BCUT2D eigenvalue weighted by molar-refractivity contribution is 7.15. The number of aromatic nitrogens is 3. The van der Waals surface area contributed by atoms with Crippen LogP contribution in [0.2, 0.25) is 0 Å². The normalized spacial score (nSPS) is 20.6. The van der Waals surface area contributed by atoms with E-state index in [2.05, 4.69) is 32.1 Å². The second-order valence-electron chi connectivity index (χ2n) is 6.11. The number of hydrogen-bond acceptors (Lipinski definition) is 7. The molecule has 2 atom stereocenters. The van der Waals surface area contributed by atoms with Crippen LogP contribution in [0.3, 0.4) is 0 Å². The topological polar surface area (TPSA) is 80.2 Å². The van der Waals surface area contributed by atoms with Gasteiger partial charge < -0.3 is 10.1 Å². The molecule has 0 radical (unpaired) electrons. The van der Waals surface area contributed by atoms with Crippen molar-refractivity contribution in [3.63, 3.8) is 0 Å². The first kappa shape index (κ1) is 17.7. The van der Waals surface area contributed by atoms with Gasteiger partial charge in [0.05, 0.1) is 4.88 Å². The maximum Gasteiger partial charge on any atom is 0.230 e. The number of thiazole rings is 1. The molecule has 0 bridgehead atoms. The summed E-state index contributed by atoms with van der Waals surface area (Å²) < 4.78 is 19.9. The molecule has 25 heavy (non-hydrogen) atoms. The van der Waals surface area contributed by atoms with Crippen molar-refractivity contribution < 1.29 is 13.9 Å². The molecule has 9 heteroatoms. The van der Waals surface area contributed by atoms with Gasteiger partial charge in [-0.25, -0.2) is 4.98 Å². The predicted octanol–water partition coefficient (Wildman–Crippen LogP) is 2.38. The Hall–Kier alpha value is -2.13. The fourth-order valence-electron chi connectivity index (χ4n) is 2.84. The van der Waals surface area contributed by atoms with Gasteiger partial charge in [0.25, 0.3) is 0 Å². The summed E-state index contributed by atoms with van der Waals surface area (Å²) in [5.41, 5.74) is 0. The Balaban J connectivity index is 1.62. The van der Waals surface area contributed by atoms with E-state index in [4.69, 9.17) is 4.74 Å². The molecule has 0 aromatic carbocycles. The van der Waals surface area contributed by atoms with Crippen molar-refractivity contribution in [1.82, 2.24) is 19.9 Å². The third-order valence-corrected chi connectivity index (χ3v) is 4.91. The van der Waals surface area contributed by atoms with Crippen molar-refractivity contribution >= 4 is 22.4 Å². The Morgan fingerprint density at radius 2 is 2.32 bits per heavy atom. The molecule has 1 N–H and O–H groups in total. The molecule has 7 nitrogen and oxygen atoms in total. The number of aryl methyl sites for hydroxylation is 1. The molecular formula is C16H20FN5O2S. The zero-order valence-electron chi connectivity index (χ0n) is 14.3. The molecule has 1 aliphatic heterocycles. The van der Waals surface area contributed by atoms with Gasteiger partial charge in [0, 0.05) is 44.7 Å². The average Bonchev–Trinajstić information content (AvgIpc) is 3.02. The Bertz CT molecular complexity index is 769. The monoisotopic (exact) mass is 365 g/mol. The summed E-state index contributed by atoms with van der Waals surface area (Å²) in [4.78, 5) is 25.8. The van der Waals surface area contributed by atoms with Gasteiger partial charge in [-0.1, -0.05) is 11.3 Å². The number of rotatable bonds is 5. The number of amides is 1. The van der Waals surface area contributed by atoms with Crippen LogP contribution in [0.4, 0.5) is 9.52 Å². The van der Waals surface area contributed by atoms with Crippen LogP contribution in [0.1, 0.15) is 31.0 Å². The first-order valence-electron chi connectivity index (χ1n) is 8.04. The Kier molecular flexibility index (Phi) is 5.24. The summed E-state index contributed by atoms with van der Waals surface area (Å²) in [5, 5.41) is 2.81. The molecule has 1 aliphatic rings. The third-order valence-electron chi connectivity index (χ3n) is 3.98. The molecule has 3 heterocycles. The predicted molar refractivity (Wildman–Crippen MR) is 92.0 cm³/mol. The summed E-state index contributed by atoms with van der Waals surface area (Å²) in [6.45, 7) is 6.39. The van der Waals surface area contributed by atoms with Crippen molar-refractivity contribution in [2.24, 2.45) is 0 Å². The van der Waals surface area contributed by atoms with E-state index in [0.29, 0.717) is 29.7 Å². The van der Waals surface area contributed by atoms with E-state index in [1.54, 1.807) is 12.3 Å². The summed E-state index contributed by atoms with van der Waals surface area (Å²) in [7, 11) is 0. The van der Waals surface area contributed by atoms with Gasteiger partial charge in [0.1, 0.15) is 11.9 Å². The number of ether oxygens (including phenoxy) is 1. The minimum atomic E-state index is -0.531. The molecule has 1 fully saturated rings. The van der Waals surface area contributed by atoms with Crippen LogP contribution < -0.4 is 10.1 Å². The molecular weight excluding hydrogens is 345 g/mol. The van der Waals surface area contributed by atoms with Gasteiger partial charge in [-0.05, 0) is 13.8 Å². The van der Waals surface area contributed by atoms with Crippen molar-refractivity contribution in [2.75, 3.05) is 11.9 Å². The minimum Gasteiger partial charge on any atom is -0.473 e. The second-order valence-corrected chi connectivity index (χ2v) is 7.19. The molecule has 0 spiro atoms. The average molecular weight is 365 g/mol. The number of halogens is 1. The molecule has 2 aromatic heterocycles. The first-order chi connectivity index (χ1) is 11.9. The Morgan fingerprint density at radius 3 is 3.04 bits per heavy atom. The molecule has 0 aliphatic carbocycles. The van der Waals surface area contributed by atoms with E-state index in [9.17, 15) is 9.18 Å². The fraction of sp³-hybridized carbons (Fsp3) is 0.500. The number of carbonyl (C=O) groups excluding carboxylic acids is 1. The number of carbonyl (C=O) groups is 1. The minimum absolute atomic E-state index is 0.00454. The maximum atomic E-state index is 14.0. The molecule has 1 saturated heterocycles. The lowest BCUT2D eigenvalue weighted by molar-refractivity contribution is -0.114. The third kappa shape index (κ3) is 4.49. The molecule has 1 unspecified atom stereocenters. The zero-order valence-corrected chi connectivity index (χ0v) is 15.1. The first-order valence-corrected chi connectivity index (χ1v) is 8.85. The summed E-state index contributed by atoms with van der Waals surface area (Å²) in [6, 6.07) is 1.99. The number of anilines is 1. The summed E-state index contributed by atoms with van der Waals surface area (Å²) in [6.07, 6.45) is 2.50. The van der Waals surface area contributed by atoms with Crippen molar-refractivity contribution in [3.8, 4) is 5.88 Å². The quantitative estimate of drug-likeness (QED) is 0.876. The van der Waals surface area contributed by atoms with E-state index in [1.807, 2.05) is 6.92 Å². The maximum absolute atomic E-state index is 14.0. The standard InChI is InChI=1S/C16H20FN5O2S/c1-9-6-12(24-14-4-5-18-10(2)19-14)7-22(9)8-13-15(17)21-16(25-13)20-11(3)23/h4-5,9,12H,6-8H2,1-3H3,(H,20,21,23)/t9-,12?/m0/s1. The van der Waals surface area contributed by atoms with Crippen LogP contribution in [-0.2, 0) is 11.3 Å². The SMILES string of the molecule is CC(=O)Nc1nc(F)c(CN2CC(Oc3ccnc(C)n3)C[C@@H]2C)s1. The highest BCUT2D eigenvalue weighted by atomic mass is 32.1. The van der Waals surface area contributed by atoms with Crippen molar-refractivity contribution in [1.29, 1.82) is 0 Å². The second kappa shape index (κ2) is 7.40. The number of nitrogens with zero attached hydrogens (tertiary/aromatic N) is 4. The highest BCUT2D eigenvalue weighted by Gasteiger charge is 2.32. The molecule has 3 rings (SSSR count). The summed E-state index contributed by atoms with van der Waals surface area (Å²) in [5.74, 6) is 0.432. The van der Waals surface area contributed by atoms with Gasteiger partial charge >= 0.3 is 0 Å².